The maximum atomic E-state index is 11.4. The fraction of sp³-hybridized carbons (Fsp3) is 0.455. The molecule has 17 heavy (non-hydrogen) atoms. The summed E-state index contributed by atoms with van der Waals surface area (Å²) in [6.07, 6.45) is -0.549. The molecule has 0 fully saturated rings. The van der Waals surface area contributed by atoms with E-state index in [0.717, 1.165) is 14.4 Å². The number of carbonyl (C=O) groups excluding carboxylic acids is 1. The monoisotopic (exact) mass is 318 g/mol. The average molecular weight is 319 g/mol. The molecule has 0 spiro atoms. The lowest BCUT2D eigenvalue weighted by Crippen LogP contribution is -2.30. The van der Waals surface area contributed by atoms with Crippen LogP contribution >= 0.6 is 27.3 Å². The lowest BCUT2D eigenvalue weighted by Gasteiger charge is -2.18. The summed E-state index contributed by atoms with van der Waals surface area (Å²) in [5.74, 6) is 0. The van der Waals surface area contributed by atoms with E-state index in [0.29, 0.717) is 0 Å². The Labute approximate surface area is 113 Å². The van der Waals surface area contributed by atoms with E-state index in [9.17, 15) is 4.79 Å². The minimum absolute atomic E-state index is 0.514. The fourth-order valence-electron chi connectivity index (χ4n) is 0.994. The third kappa shape index (κ3) is 5.32. The van der Waals surface area contributed by atoms with E-state index in [2.05, 4.69) is 26.5 Å². The number of ether oxygens (including phenoxy) is 1. The van der Waals surface area contributed by atoms with Gasteiger partial charge in [0.25, 0.3) is 0 Å². The molecular weight excluding hydrogens is 304 g/mol. The topological polar surface area (TPSA) is 50.7 Å². The van der Waals surface area contributed by atoms with Gasteiger partial charge in [0, 0.05) is 0 Å². The first-order chi connectivity index (χ1) is 7.78. The second-order valence-electron chi connectivity index (χ2n) is 4.41. The Morgan fingerprint density at radius 3 is 2.59 bits per heavy atom. The molecule has 1 aromatic heterocycles. The van der Waals surface area contributed by atoms with Crippen LogP contribution in [0.4, 0.5) is 4.79 Å². The van der Waals surface area contributed by atoms with Crippen LogP contribution in [-0.2, 0) is 4.74 Å². The van der Waals surface area contributed by atoms with Gasteiger partial charge >= 0.3 is 6.09 Å². The standard InChI is InChI=1S/C11H15BrN2O2S/c1-7(8-5-6-9(12)17-8)13-14-10(15)16-11(2,3)4/h5-6H,1-4H3,(H,14,15). The molecule has 0 atom stereocenters. The number of nitrogens with one attached hydrogen (secondary N) is 1. The van der Waals surface area contributed by atoms with Crippen LogP contribution < -0.4 is 5.43 Å². The summed E-state index contributed by atoms with van der Waals surface area (Å²) in [5, 5.41) is 3.97. The molecule has 1 heterocycles. The molecule has 1 N–H and O–H groups in total. The molecule has 1 aromatic rings. The van der Waals surface area contributed by atoms with Crippen LogP contribution in [-0.4, -0.2) is 17.4 Å². The number of rotatable bonds is 2. The van der Waals surface area contributed by atoms with Gasteiger partial charge in [0.15, 0.2) is 0 Å². The van der Waals surface area contributed by atoms with E-state index in [-0.39, 0.29) is 0 Å². The predicted molar refractivity (Wildman–Crippen MR) is 73.6 cm³/mol. The normalized spacial score (nSPS) is 12.4. The maximum absolute atomic E-state index is 11.4. The molecule has 6 heteroatoms. The van der Waals surface area contributed by atoms with Gasteiger partial charge in [-0.2, -0.15) is 5.10 Å². The van der Waals surface area contributed by atoms with Gasteiger partial charge in [-0.15, -0.1) is 11.3 Å². The Morgan fingerprint density at radius 2 is 2.12 bits per heavy atom. The molecule has 0 saturated carbocycles. The molecule has 0 aliphatic rings. The molecular formula is C11H15BrN2O2S. The Balaban J connectivity index is 2.57. The molecule has 4 nitrogen and oxygen atoms in total. The van der Waals surface area contributed by atoms with Gasteiger partial charge in [-0.05, 0) is 55.8 Å². The molecule has 0 unspecified atom stereocenters. The van der Waals surface area contributed by atoms with E-state index >= 15 is 0 Å². The van der Waals surface area contributed by atoms with Gasteiger partial charge in [-0.1, -0.05) is 0 Å². The van der Waals surface area contributed by atoms with Crippen LogP contribution in [0.1, 0.15) is 32.6 Å². The highest BCUT2D eigenvalue weighted by Crippen LogP contribution is 2.22. The number of nitrogens with zero attached hydrogens (tertiary/aromatic N) is 1. The lowest BCUT2D eigenvalue weighted by molar-refractivity contribution is 0.0529. The zero-order chi connectivity index (χ0) is 13.1. The Kier molecular flexibility index (Phi) is 4.70. The summed E-state index contributed by atoms with van der Waals surface area (Å²) >= 11 is 4.93. The molecule has 0 aliphatic heterocycles. The van der Waals surface area contributed by atoms with Crippen LogP contribution in [0.15, 0.2) is 21.0 Å². The average Bonchev–Trinajstić information content (AvgIpc) is 2.58. The number of hydrogen-bond donors (Lipinski definition) is 1. The number of carbonyl (C=O) groups is 1. The Bertz CT molecular complexity index is 435. The van der Waals surface area contributed by atoms with Crippen molar-refractivity contribution in [1.82, 2.24) is 5.43 Å². The molecule has 0 radical (unpaired) electrons. The molecule has 0 bridgehead atoms. The van der Waals surface area contributed by atoms with Crippen molar-refractivity contribution in [2.45, 2.75) is 33.3 Å². The zero-order valence-electron chi connectivity index (χ0n) is 10.2. The summed E-state index contributed by atoms with van der Waals surface area (Å²) in [6.45, 7) is 7.24. The zero-order valence-corrected chi connectivity index (χ0v) is 12.6. The molecule has 0 aromatic carbocycles. The number of hydrazone groups is 1. The van der Waals surface area contributed by atoms with Crippen LogP contribution in [0.2, 0.25) is 0 Å². The van der Waals surface area contributed by atoms with E-state index in [4.69, 9.17) is 4.74 Å². The lowest BCUT2D eigenvalue weighted by atomic mass is 10.2. The van der Waals surface area contributed by atoms with E-state index in [1.54, 1.807) is 32.1 Å². The van der Waals surface area contributed by atoms with Crippen molar-refractivity contribution in [3.8, 4) is 0 Å². The highest BCUT2D eigenvalue weighted by Gasteiger charge is 2.15. The minimum Gasteiger partial charge on any atom is -0.443 e. The highest BCUT2D eigenvalue weighted by atomic mass is 79.9. The number of hydrogen-bond acceptors (Lipinski definition) is 4. The maximum Gasteiger partial charge on any atom is 0.428 e. The van der Waals surface area contributed by atoms with E-state index < -0.39 is 11.7 Å². The first-order valence-corrected chi connectivity index (χ1v) is 6.68. The van der Waals surface area contributed by atoms with Crippen molar-refractivity contribution in [3.05, 3.63) is 20.8 Å². The number of halogens is 1. The van der Waals surface area contributed by atoms with Gasteiger partial charge in [0.05, 0.1) is 14.4 Å². The van der Waals surface area contributed by atoms with Gasteiger partial charge in [-0.25, -0.2) is 10.2 Å². The SMILES string of the molecule is CC(=NNC(=O)OC(C)(C)C)c1ccc(Br)s1. The minimum atomic E-state index is -0.549. The highest BCUT2D eigenvalue weighted by molar-refractivity contribution is 9.11. The first-order valence-electron chi connectivity index (χ1n) is 5.07. The summed E-state index contributed by atoms with van der Waals surface area (Å²) in [6, 6.07) is 3.87. The van der Waals surface area contributed by atoms with Crippen molar-refractivity contribution in [3.63, 3.8) is 0 Å². The van der Waals surface area contributed by atoms with Crippen LogP contribution in [0.25, 0.3) is 0 Å². The number of thiophene rings is 1. The molecule has 94 valence electrons. The Hall–Kier alpha value is -0.880. The summed E-state index contributed by atoms with van der Waals surface area (Å²) in [5.41, 5.74) is 2.59. The van der Waals surface area contributed by atoms with Crippen molar-refractivity contribution in [2.24, 2.45) is 5.10 Å². The van der Waals surface area contributed by atoms with Crippen molar-refractivity contribution >= 4 is 39.1 Å². The van der Waals surface area contributed by atoms with Gasteiger partial charge < -0.3 is 4.74 Å². The van der Waals surface area contributed by atoms with Crippen molar-refractivity contribution < 1.29 is 9.53 Å². The van der Waals surface area contributed by atoms with Crippen molar-refractivity contribution in [1.29, 1.82) is 0 Å². The summed E-state index contributed by atoms with van der Waals surface area (Å²) < 4.78 is 6.09. The predicted octanol–water partition coefficient (Wildman–Crippen LogP) is 3.76. The quantitative estimate of drug-likeness (QED) is 0.666. The first kappa shape index (κ1) is 14.2. The van der Waals surface area contributed by atoms with E-state index in [1.165, 1.54) is 0 Å². The molecule has 0 saturated heterocycles. The van der Waals surface area contributed by atoms with Gasteiger partial charge in [-0.3, -0.25) is 0 Å². The van der Waals surface area contributed by atoms with Gasteiger partial charge in [0.1, 0.15) is 5.60 Å². The van der Waals surface area contributed by atoms with E-state index in [1.807, 2.05) is 19.1 Å². The largest absolute Gasteiger partial charge is 0.443 e. The molecule has 0 aliphatic carbocycles. The fourth-order valence-corrected chi connectivity index (χ4v) is 2.33. The third-order valence-electron chi connectivity index (χ3n) is 1.64. The third-order valence-corrected chi connectivity index (χ3v) is 3.38. The van der Waals surface area contributed by atoms with Crippen LogP contribution in [0, 0.1) is 0 Å². The summed E-state index contributed by atoms with van der Waals surface area (Å²) in [7, 11) is 0. The molecule has 1 amide bonds. The number of amides is 1. The second kappa shape index (κ2) is 5.64. The van der Waals surface area contributed by atoms with Crippen LogP contribution in [0.5, 0.6) is 0 Å². The van der Waals surface area contributed by atoms with Crippen molar-refractivity contribution in [2.75, 3.05) is 0 Å². The summed E-state index contributed by atoms with van der Waals surface area (Å²) in [4.78, 5) is 12.3. The molecule has 1 rings (SSSR count). The second-order valence-corrected chi connectivity index (χ2v) is 6.88. The smallest absolute Gasteiger partial charge is 0.428 e. The van der Waals surface area contributed by atoms with Crippen LogP contribution in [0.3, 0.4) is 0 Å². The Morgan fingerprint density at radius 1 is 1.47 bits per heavy atom. The van der Waals surface area contributed by atoms with Gasteiger partial charge in [0.2, 0.25) is 0 Å².